The molecule has 0 saturated heterocycles. The second-order valence-corrected chi connectivity index (χ2v) is 7.11. The number of rotatable bonds is 6. The normalized spacial score (nSPS) is 12.0. The Morgan fingerprint density at radius 1 is 1.21 bits per heavy atom. The number of amides is 1. The molecular weight excluding hydrogens is 372 g/mol. The average Bonchev–Trinajstić information content (AvgIpc) is 3.18. The maximum atomic E-state index is 12.8. The van der Waals surface area contributed by atoms with Gasteiger partial charge in [-0.1, -0.05) is 24.3 Å². The Balaban J connectivity index is 1.81. The largest absolute Gasteiger partial charge is 0.321 e. The lowest BCUT2D eigenvalue weighted by atomic mass is 10.1. The highest BCUT2D eigenvalue weighted by Crippen LogP contribution is 2.24. The second kappa shape index (κ2) is 7.86. The molecule has 0 aliphatic carbocycles. The van der Waals surface area contributed by atoms with Crippen molar-refractivity contribution in [3.05, 3.63) is 68.8 Å². The van der Waals surface area contributed by atoms with Gasteiger partial charge in [-0.15, -0.1) is 0 Å². The lowest BCUT2D eigenvalue weighted by Gasteiger charge is -2.14. The third kappa shape index (κ3) is 3.89. The quantitative estimate of drug-likeness (QED) is 0.507. The molecule has 3 rings (SSSR count). The van der Waals surface area contributed by atoms with Gasteiger partial charge in [0, 0.05) is 0 Å². The molecule has 2 aromatic heterocycles. The van der Waals surface area contributed by atoms with Gasteiger partial charge in [0.15, 0.2) is 0 Å². The summed E-state index contributed by atoms with van der Waals surface area (Å²) in [6.45, 7) is 9.63. The molecule has 0 saturated carbocycles. The molecule has 1 unspecified atom stereocenters. The summed E-state index contributed by atoms with van der Waals surface area (Å²) in [7, 11) is 0. The Morgan fingerprint density at radius 3 is 2.52 bits per heavy atom. The summed E-state index contributed by atoms with van der Waals surface area (Å²) in [5.74, 6) is -0.312. The zero-order valence-corrected chi connectivity index (χ0v) is 17.1. The van der Waals surface area contributed by atoms with Gasteiger partial charge in [0.05, 0.1) is 28.5 Å². The Labute approximate surface area is 168 Å². The molecule has 2 heterocycles. The molecule has 1 atom stereocenters. The minimum atomic E-state index is -0.706. The molecule has 1 N–H and O–H groups in total. The van der Waals surface area contributed by atoms with Crippen molar-refractivity contribution in [1.29, 1.82) is 0 Å². The Morgan fingerprint density at radius 2 is 1.90 bits per heavy atom. The van der Waals surface area contributed by atoms with E-state index < -0.39 is 11.0 Å². The average molecular weight is 396 g/mol. The first-order chi connectivity index (χ1) is 13.7. The van der Waals surface area contributed by atoms with Crippen LogP contribution in [0.3, 0.4) is 0 Å². The molecule has 0 radical (unpaired) electrons. The molecule has 3 aromatic rings. The van der Waals surface area contributed by atoms with Crippen LogP contribution in [0.25, 0.3) is 0 Å². The van der Waals surface area contributed by atoms with Crippen LogP contribution in [0.2, 0.25) is 0 Å². The number of carbonyl (C=O) groups excluding carboxylic acids is 1. The fourth-order valence-corrected chi connectivity index (χ4v) is 3.30. The van der Waals surface area contributed by atoms with Crippen LogP contribution >= 0.6 is 0 Å². The number of nitrogens with zero attached hydrogens (tertiary/aromatic N) is 5. The van der Waals surface area contributed by atoms with Crippen LogP contribution in [0.4, 0.5) is 11.4 Å². The lowest BCUT2D eigenvalue weighted by molar-refractivity contribution is -0.385. The van der Waals surface area contributed by atoms with E-state index in [1.54, 1.807) is 13.8 Å². The first-order valence-corrected chi connectivity index (χ1v) is 9.28. The molecular formula is C20H24N6O3. The summed E-state index contributed by atoms with van der Waals surface area (Å²) >= 11 is 0. The summed E-state index contributed by atoms with van der Waals surface area (Å²) in [6, 6.07) is 7.39. The molecule has 1 amide bonds. The van der Waals surface area contributed by atoms with E-state index in [0.717, 1.165) is 17.5 Å². The Hall–Kier alpha value is -3.49. The predicted octanol–water partition coefficient (Wildman–Crippen LogP) is 3.47. The summed E-state index contributed by atoms with van der Waals surface area (Å²) < 4.78 is 3.22. The van der Waals surface area contributed by atoms with Crippen LogP contribution in [0.5, 0.6) is 0 Å². The third-order valence-electron chi connectivity index (χ3n) is 5.17. The van der Waals surface area contributed by atoms with Crippen LogP contribution in [0.1, 0.15) is 41.2 Å². The number of nitro groups is 1. The maximum absolute atomic E-state index is 12.8. The summed E-state index contributed by atoms with van der Waals surface area (Å²) in [5, 5.41) is 22.5. The maximum Gasteiger partial charge on any atom is 0.309 e. The first kappa shape index (κ1) is 20.2. The van der Waals surface area contributed by atoms with Gasteiger partial charge >= 0.3 is 5.69 Å². The number of hydrogen-bond donors (Lipinski definition) is 1. The number of aryl methyl sites for hydroxylation is 2. The highest BCUT2D eigenvalue weighted by Gasteiger charge is 2.25. The Kier molecular flexibility index (Phi) is 5.49. The molecule has 29 heavy (non-hydrogen) atoms. The minimum absolute atomic E-state index is 0.108. The van der Waals surface area contributed by atoms with Crippen LogP contribution in [-0.4, -0.2) is 30.4 Å². The topological polar surface area (TPSA) is 108 Å². The predicted molar refractivity (Wildman–Crippen MR) is 109 cm³/mol. The molecule has 0 fully saturated rings. The molecule has 1 aromatic carbocycles. The van der Waals surface area contributed by atoms with Gasteiger partial charge in [-0.25, -0.2) is 0 Å². The van der Waals surface area contributed by atoms with Gasteiger partial charge in [0.2, 0.25) is 5.91 Å². The molecule has 0 spiro atoms. The molecule has 9 nitrogen and oxygen atoms in total. The van der Waals surface area contributed by atoms with E-state index in [1.807, 2.05) is 30.7 Å². The SMILES string of the molecule is Cc1ccccc1Cn1nc(C)c(NC(=O)C(C)n2ncc([N+](=O)[O-])c2C)c1C. The number of benzene rings is 1. The second-order valence-electron chi connectivity index (χ2n) is 7.11. The van der Waals surface area contributed by atoms with Crippen molar-refractivity contribution in [2.45, 2.75) is 47.2 Å². The summed E-state index contributed by atoms with van der Waals surface area (Å²) in [4.78, 5) is 23.3. The molecule has 152 valence electrons. The number of nitrogens with one attached hydrogen (secondary N) is 1. The van der Waals surface area contributed by atoms with Crippen molar-refractivity contribution in [3.8, 4) is 0 Å². The summed E-state index contributed by atoms with van der Waals surface area (Å²) in [6.07, 6.45) is 1.16. The summed E-state index contributed by atoms with van der Waals surface area (Å²) in [5.41, 5.74) is 4.76. The van der Waals surface area contributed by atoms with E-state index in [4.69, 9.17) is 0 Å². The fourth-order valence-electron chi connectivity index (χ4n) is 3.30. The zero-order valence-electron chi connectivity index (χ0n) is 17.1. The van der Waals surface area contributed by atoms with Gasteiger partial charge in [-0.3, -0.25) is 24.3 Å². The van der Waals surface area contributed by atoms with Gasteiger partial charge in [0.1, 0.15) is 17.9 Å². The van der Waals surface area contributed by atoms with Crippen LogP contribution in [0, 0.1) is 37.8 Å². The van der Waals surface area contributed by atoms with Crippen LogP contribution < -0.4 is 5.32 Å². The van der Waals surface area contributed by atoms with Crippen molar-refractivity contribution < 1.29 is 9.72 Å². The lowest BCUT2D eigenvalue weighted by Crippen LogP contribution is -2.25. The Bertz CT molecular complexity index is 1080. The van der Waals surface area contributed by atoms with E-state index in [-0.39, 0.29) is 11.6 Å². The van der Waals surface area contributed by atoms with E-state index >= 15 is 0 Å². The van der Waals surface area contributed by atoms with E-state index in [2.05, 4.69) is 34.6 Å². The minimum Gasteiger partial charge on any atom is -0.321 e. The number of hydrogen-bond acceptors (Lipinski definition) is 5. The number of aromatic nitrogens is 4. The highest BCUT2D eigenvalue weighted by atomic mass is 16.6. The van der Waals surface area contributed by atoms with Gasteiger partial charge in [-0.05, 0) is 45.7 Å². The van der Waals surface area contributed by atoms with E-state index in [0.29, 0.717) is 23.6 Å². The smallest absolute Gasteiger partial charge is 0.309 e. The van der Waals surface area contributed by atoms with Crippen molar-refractivity contribution >= 4 is 17.3 Å². The molecule has 0 aliphatic heterocycles. The molecule has 9 heteroatoms. The van der Waals surface area contributed by atoms with Crippen molar-refractivity contribution in [3.63, 3.8) is 0 Å². The zero-order chi connectivity index (χ0) is 21.3. The van der Waals surface area contributed by atoms with Crippen LogP contribution in [0.15, 0.2) is 30.5 Å². The van der Waals surface area contributed by atoms with Gasteiger partial charge in [0.25, 0.3) is 0 Å². The number of carbonyl (C=O) groups is 1. The monoisotopic (exact) mass is 396 g/mol. The van der Waals surface area contributed by atoms with Crippen LogP contribution in [-0.2, 0) is 11.3 Å². The van der Waals surface area contributed by atoms with Crippen molar-refractivity contribution in [2.75, 3.05) is 5.32 Å². The number of anilines is 1. The van der Waals surface area contributed by atoms with Gasteiger partial charge < -0.3 is 5.32 Å². The highest BCUT2D eigenvalue weighted by molar-refractivity contribution is 5.94. The standard InChI is InChI=1S/C20H24N6O3/c1-12-8-6-7-9-17(12)11-24-15(4)19(13(2)23-24)22-20(27)16(5)25-14(3)18(10-21-25)26(28)29/h6-10,16H,11H2,1-5H3,(H,22,27). The van der Waals surface area contributed by atoms with Crippen molar-refractivity contribution in [2.24, 2.45) is 0 Å². The third-order valence-corrected chi connectivity index (χ3v) is 5.17. The first-order valence-electron chi connectivity index (χ1n) is 9.28. The van der Waals surface area contributed by atoms with Gasteiger partial charge in [-0.2, -0.15) is 10.2 Å². The van der Waals surface area contributed by atoms with E-state index in [1.165, 1.54) is 10.2 Å². The van der Waals surface area contributed by atoms with Crippen molar-refractivity contribution in [1.82, 2.24) is 19.6 Å². The van der Waals surface area contributed by atoms with E-state index in [9.17, 15) is 14.9 Å². The fraction of sp³-hybridized carbons (Fsp3) is 0.350. The molecule has 0 bridgehead atoms. The molecule has 0 aliphatic rings.